The maximum atomic E-state index is 11.6. The molecule has 0 bridgehead atoms. The third kappa shape index (κ3) is 5.17. The molecule has 1 saturated heterocycles. The van der Waals surface area contributed by atoms with Gasteiger partial charge in [-0.3, -0.25) is 4.79 Å². The van der Waals surface area contributed by atoms with Gasteiger partial charge in [-0.2, -0.15) is 4.37 Å². The minimum atomic E-state index is -0.469. The first-order valence-electron chi connectivity index (χ1n) is 9.06. The summed E-state index contributed by atoms with van der Waals surface area (Å²) in [5.41, 5.74) is 2.50. The summed E-state index contributed by atoms with van der Waals surface area (Å²) in [7, 11) is 0. The highest BCUT2D eigenvalue weighted by Crippen LogP contribution is 2.25. The second-order valence-electron chi connectivity index (χ2n) is 6.95. The number of aryl methyl sites for hydroxylation is 1. The number of alkyl halides is 1. The van der Waals surface area contributed by atoms with Crippen LogP contribution in [-0.4, -0.2) is 40.3 Å². The number of halogens is 1. The van der Waals surface area contributed by atoms with Crippen molar-refractivity contribution in [3.8, 4) is 0 Å². The van der Waals surface area contributed by atoms with E-state index in [1.165, 1.54) is 22.7 Å². The first-order chi connectivity index (χ1) is 12.5. The fourth-order valence-electron chi connectivity index (χ4n) is 3.05. The van der Waals surface area contributed by atoms with Crippen LogP contribution in [0, 0.1) is 12.8 Å². The van der Waals surface area contributed by atoms with E-state index < -0.39 is 5.38 Å². The molecule has 140 valence electrons. The van der Waals surface area contributed by atoms with Gasteiger partial charge in [-0.15, -0.1) is 11.6 Å². The van der Waals surface area contributed by atoms with E-state index in [0.29, 0.717) is 12.5 Å². The van der Waals surface area contributed by atoms with Crippen LogP contribution in [-0.2, 0) is 11.2 Å². The Morgan fingerprint density at radius 2 is 2.04 bits per heavy atom. The van der Waals surface area contributed by atoms with E-state index in [4.69, 9.17) is 16.6 Å². The molecule has 0 spiro atoms. The van der Waals surface area contributed by atoms with Crippen molar-refractivity contribution in [2.75, 3.05) is 24.5 Å². The average molecular weight is 393 g/mol. The molecule has 1 fully saturated rings. The Labute approximate surface area is 163 Å². The van der Waals surface area contributed by atoms with Crippen LogP contribution >= 0.6 is 23.1 Å². The number of anilines is 1. The standard InChI is InChI=1S/C19H25ClN4OS/c1-13-3-5-15(6-4-13)11-17-22-19(26-23-17)24-9-7-16(8-10-24)12-21-18(25)14(2)20/h3-6,14,16H,7-12H2,1-2H3,(H,21,25)/t14-/m0/s1. The van der Waals surface area contributed by atoms with Gasteiger partial charge in [0.25, 0.3) is 0 Å². The van der Waals surface area contributed by atoms with E-state index in [1.807, 2.05) is 0 Å². The minimum absolute atomic E-state index is 0.0843. The van der Waals surface area contributed by atoms with Crippen LogP contribution in [0.4, 0.5) is 5.13 Å². The number of carbonyl (C=O) groups is 1. The molecule has 2 heterocycles. The Bertz CT molecular complexity index is 723. The highest BCUT2D eigenvalue weighted by Gasteiger charge is 2.22. The summed E-state index contributed by atoms with van der Waals surface area (Å²) < 4.78 is 4.52. The third-order valence-corrected chi connectivity index (χ3v) is 5.76. The number of amides is 1. The third-order valence-electron chi connectivity index (χ3n) is 4.75. The lowest BCUT2D eigenvalue weighted by Gasteiger charge is -2.31. The molecule has 1 aliphatic rings. The highest BCUT2D eigenvalue weighted by atomic mass is 35.5. The molecule has 2 aromatic rings. The molecule has 26 heavy (non-hydrogen) atoms. The zero-order chi connectivity index (χ0) is 18.5. The number of benzene rings is 1. The summed E-state index contributed by atoms with van der Waals surface area (Å²) in [5.74, 6) is 1.31. The number of hydrogen-bond acceptors (Lipinski definition) is 5. The van der Waals surface area contributed by atoms with Crippen molar-refractivity contribution >= 4 is 34.2 Å². The predicted octanol–water partition coefficient (Wildman–Crippen LogP) is 3.40. The number of aromatic nitrogens is 2. The largest absolute Gasteiger partial charge is 0.355 e. The van der Waals surface area contributed by atoms with Crippen LogP contribution < -0.4 is 10.2 Å². The topological polar surface area (TPSA) is 58.1 Å². The second-order valence-corrected chi connectivity index (χ2v) is 8.33. The Hall–Kier alpha value is -1.66. The average Bonchev–Trinajstić information content (AvgIpc) is 3.10. The molecule has 1 amide bonds. The summed E-state index contributed by atoms with van der Waals surface area (Å²) in [5, 5.41) is 3.46. The fraction of sp³-hybridized carbons (Fsp3) is 0.526. The van der Waals surface area contributed by atoms with E-state index in [1.54, 1.807) is 6.92 Å². The van der Waals surface area contributed by atoms with Gasteiger partial charge in [0, 0.05) is 37.6 Å². The Balaban J connectivity index is 1.48. The molecular weight excluding hydrogens is 368 g/mol. The van der Waals surface area contributed by atoms with Crippen molar-refractivity contribution in [3.05, 3.63) is 41.2 Å². The maximum absolute atomic E-state index is 11.6. The highest BCUT2D eigenvalue weighted by molar-refractivity contribution is 7.09. The molecule has 1 atom stereocenters. The summed E-state index contributed by atoms with van der Waals surface area (Å²) >= 11 is 7.26. The van der Waals surface area contributed by atoms with E-state index in [2.05, 4.69) is 45.8 Å². The van der Waals surface area contributed by atoms with Crippen LogP contribution in [0.5, 0.6) is 0 Å². The summed E-state index contributed by atoms with van der Waals surface area (Å²) in [6.07, 6.45) is 2.86. The Morgan fingerprint density at radius 1 is 1.35 bits per heavy atom. The molecule has 1 N–H and O–H groups in total. The molecule has 1 aromatic heterocycles. The molecule has 0 unspecified atom stereocenters. The van der Waals surface area contributed by atoms with Gasteiger partial charge in [0.1, 0.15) is 11.2 Å². The summed E-state index contributed by atoms with van der Waals surface area (Å²) in [6.45, 7) is 6.40. The smallest absolute Gasteiger partial charge is 0.237 e. The zero-order valence-corrected chi connectivity index (χ0v) is 16.8. The summed E-state index contributed by atoms with van der Waals surface area (Å²) in [6, 6.07) is 8.52. The van der Waals surface area contributed by atoms with Crippen LogP contribution in [0.1, 0.15) is 36.7 Å². The van der Waals surface area contributed by atoms with Gasteiger partial charge in [0.2, 0.25) is 11.0 Å². The van der Waals surface area contributed by atoms with E-state index in [9.17, 15) is 4.79 Å². The van der Waals surface area contributed by atoms with Gasteiger partial charge >= 0.3 is 0 Å². The van der Waals surface area contributed by atoms with Crippen molar-refractivity contribution in [2.45, 2.75) is 38.5 Å². The van der Waals surface area contributed by atoms with Crippen molar-refractivity contribution in [2.24, 2.45) is 5.92 Å². The maximum Gasteiger partial charge on any atom is 0.237 e. The Kier molecular flexibility index (Phi) is 6.48. The van der Waals surface area contributed by atoms with Gasteiger partial charge in [0.05, 0.1) is 0 Å². The second kappa shape index (κ2) is 8.82. The van der Waals surface area contributed by atoms with E-state index in [-0.39, 0.29) is 5.91 Å². The number of rotatable bonds is 6. The van der Waals surface area contributed by atoms with Crippen LogP contribution in [0.25, 0.3) is 0 Å². The van der Waals surface area contributed by atoms with Crippen LogP contribution in [0.3, 0.4) is 0 Å². The van der Waals surface area contributed by atoms with Crippen LogP contribution in [0.2, 0.25) is 0 Å². The van der Waals surface area contributed by atoms with E-state index >= 15 is 0 Å². The number of nitrogens with zero attached hydrogens (tertiary/aromatic N) is 3. The molecule has 0 radical (unpaired) electrons. The minimum Gasteiger partial charge on any atom is -0.355 e. The molecule has 3 rings (SSSR count). The molecule has 1 aromatic carbocycles. The molecule has 0 saturated carbocycles. The lowest BCUT2D eigenvalue weighted by molar-refractivity contribution is -0.120. The monoisotopic (exact) mass is 392 g/mol. The first kappa shape index (κ1) is 19.1. The molecular formula is C19H25ClN4OS. The fourth-order valence-corrected chi connectivity index (χ4v) is 3.86. The van der Waals surface area contributed by atoms with Crippen molar-refractivity contribution < 1.29 is 4.79 Å². The van der Waals surface area contributed by atoms with Gasteiger partial charge in [-0.05, 0) is 38.2 Å². The van der Waals surface area contributed by atoms with Gasteiger partial charge in [-0.1, -0.05) is 29.8 Å². The molecule has 7 heteroatoms. The Morgan fingerprint density at radius 3 is 2.69 bits per heavy atom. The molecule has 0 aliphatic carbocycles. The molecule has 5 nitrogen and oxygen atoms in total. The van der Waals surface area contributed by atoms with Crippen molar-refractivity contribution in [1.82, 2.24) is 14.7 Å². The van der Waals surface area contributed by atoms with Gasteiger partial charge in [0.15, 0.2) is 0 Å². The molecule has 1 aliphatic heterocycles. The zero-order valence-electron chi connectivity index (χ0n) is 15.2. The first-order valence-corrected chi connectivity index (χ1v) is 10.3. The van der Waals surface area contributed by atoms with E-state index in [0.717, 1.165) is 43.3 Å². The quantitative estimate of drug-likeness (QED) is 0.765. The van der Waals surface area contributed by atoms with Crippen molar-refractivity contribution in [1.29, 1.82) is 0 Å². The SMILES string of the molecule is Cc1ccc(Cc2nsc(N3CCC(CNC(=O)[C@H](C)Cl)CC3)n2)cc1. The predicted molar refractivity (Wildman–Crippen MR) is 107 cm³/mol. The normalized spacial score (nSPS) is 16.5. The van der Waals surface area contributed by atoms with Crippen molar-refractivity contribution in [3.63, 3.8) is 0 Å². The lowest BCUT2D eigenvalue weighted by Crippen LogP contribution is -2.40. The number of carbonyl (C=O) groups excluding carboxylic acids is 1. The summed E-state index contributed by atoms with van der Waals surface area (Å²) in [4.78, 5) is 18.6. The number of piperidine rings is 1. The van der Waals surface area contributed by atoms with Gasteiger partial charge in [-0.25, -0.2) is 4.98 Å². The number of hydrogen-bond donors (Lipinski definition) is 1. The van der Waals surface area contributed by atoms with Gasteiger partial charge < -0.3 is 10.2 Å². The lowest BCUT2D eigenvalue weighted by atomic mass is 9.97. The number of nitrogens with one attached hydrogen (secondary N) is 1. The van der Waals surface area contributed by atoms with Crippen LogP contribution in [0.15, 0.2) is 24.3 Å².